The van der Waals surface area contributed by atoms with Gasteiger partial charge in [0.15, 0.2) is 5.65 Å². The average Bonchev–Trinajstić information content (AvgIpc) is 3.02. The van der Waals surface area contributed by atoms with E-state index in [-0.39, 0.29) is 5.91 Å². The van der Waals surface area contributed by atoms with Crippen LogP contribution in [0, 0.1) is 13.8 Å². The molecule has 134 valence electrons. The van der Waals surface area contributed by atoms with Crippen molar-refractivity contribution in [3.63, 3.8) is 0 Å². The number of anilines is 1. The summed E-state index contributed by atoms with van der Waals surface area (Å²) in [5.74, 6) is -0.212. The molecule has 0 bridgehead atoms. The van der Waals surface area contributed by atoms with E-state index < -0.39 is 0 Å². The molecule has 0 aliphatic rings. The number of para-hydroxylation sites is 1. The lowest BCUT2D eigenvalue weighted by atomic mass is 10.1. The van der Waals surface area contributed by atoms with E-state index in [2.05, 4.69) is 15.4 Å². The highest BCUT2D eigenvalue weighted by Crippen LogP contribution is 2.26. The zero-order valence-corrected chi connectivity index (χ0v) is 15.7. The monoisotopic (exact) mass is 376 g/mol. The molecule has 0 aliphatic heterocycles. The molecule has 27 heavy (non-hydrogen) atoms. The Labute approximate surface area is 161 Å². The number of hydrogen-bond acceptors (Lipinski definition) is 3. The maximum absolute atomic E-state index is 12.7. The molecule has 2 heterocycles. The molecule has 2 aromatic heterocycles. The van der Waals surface area contributed by atoms with Gasteiger partial charge < -0.3 is 5.32 Å². The third kappa shape index (κ3) is 3.17. The van der Waals surface area contributed by atoms with Crippen LogP contribution in [0.5, 0.6) is 0 Å². The minimum absolute atomic E-state index is 0.212. The van der Waals surface area contributed by atoms with Crippen molar-refractivity contribution in [3.8, 4) is 5.69 Å². The number of fused-ring (bicyclic) bond motifs is 1. The van der Waals surface area contributed by atoms with Gasteiger partial charge in [0.1, 0.15) is 0 Å². The van der Waals surface area contributed by atoms with Crippen molar-refractivity contribution >= 4 is 34.2 Å². The first-order chi connectivity index (χ1) is 13.0. The second-order valence-electron chi connectivity index (χ2n) is 6.29. The van der Waals surface area contributed by atoms with Crippen LogP contribution in [-0.4, -0.2) is 20.7 Å². The van der Waals surface area contributed by atoms with Gasteiger partial charge in [-0.1, -0.05) is 29.8 Å². The van der Waals surface area contributed by atoms with Crippen LogP contribution < -0.4 is 5.32 Å². The number of pyridine rings is 1. The smallest absolute Gasteiger partial charge is 0.257 e. The number of carbonyl (C=O) groups is 1. The molecule has 6 heteroatoms. The number of aromatic nitrogens is 3. The van der Waals surface area contributed by atoms with Crippen LogP contribution in [0.1, 0.15) is 21.6 Å². The minimum Gasteiger partial charge on any atom is -0.322 e. The maximum atomic E-state index is 12.7. The highest BCUT2D eigenvalue weighted by molar-refractivity contribution is 6.30. The van der Waals surface area contributed by atoms with Gasteiger partial charge in [-0.2, -0.15) is 5.10 Å². The lowest BCUT2D eigenvalue weighted by molar-refractivity contribution is 0.102. The first-order valence-electron chi connectivity index (χ1n) is 8.52. The predicted molar refractivity (Wildman–Crippen MR) is 108 cm³/mol. The lowest BCUT2D eigenvalue weighted by Crippen LogP contribution is -2.14. The van der Waals surface area contributed by atoms with Crippen LogP contribution in [0.25, 0.3) is 16.7 Å². The fourth-order valence-corrected chi connectivity index (χ4v) is 3.27. The molecule has 0 saturated carbocycles. The first kappa shape index (κ1) is 17.2. The van der Waals surface area contributed by atoms with Crippen LogP contribution in [-0.2, 0) is 0 Å². The number of nitrogens with one attached hydrogen (secondary N) is 1. The maximum Gasteiger partial charge on any atom is 0.257 e. The van der Waals surface area contributed by atoms with E-state index in [9.17, 15) is 4.79 Å². The standard InChI is InChI=1S/C21H17ClN4O/c1-13-18(21(27)24-16-10-8-15(22)9-11-16)12-23-20-19(13)14(2)25-26(20)17-6-4-3-5-7-17/h3-12H,1-2H3,(H,24,27). The molecule has 1 amide bonds. The number of hydrogen-bond donors (Lipinski definition) is 1. The summed E-state index contributed by atoms with van der Waals surface area (Å²) >= 11 is 5.89. The summed E-state index contributed by atoms with van der Waals surface area (Å²) in [5, 5.41) is 9.02. The van der Waals surface area contributed by atoms with Gasteiger partial charge in [0.05, 0.1) is 16.9 Å². The lowest BCUT2D eigenvalue weighted by Gasteiger charge is -2.09. The van der Waals surface area contributed by atoms with Crippen molar-refractivity contribution in [2.75, 3.05) is 5.32 Å². The number of amides is 1. The second kappa shape index (κ2) is 6.85. The number of aryl methyl sites for hydroxylation is 2. The molecular weight excluding hydrogens is 360 g/mol. The topological polar surface area (TPSA) is 59.8 Å². The van der Waals surface area contributed by atoms with E-state index in [4.69, 9.17) is 11.6 Å². The van der Waals surface area contributed by atoms with Crippen LogP contribution in [0.3, 0.4) is 0 Å². The molecule has 2 aromatic carbocycles. The van der Waals surface area contributed by atoms with Gasteiger partial charge in [-0.15, -0.1) is 0 Å². The fourth-order valence-electron chi connectivity index (χ4n) is 3.14. The van der Waals surface area contributed by atoms with E-state index in [1.165, 1.54) is 0 Å². The third-order valence-electron chi connectivity index (χ3n) is 4.48. The molecule has 0 aliphatic carbocycles. The van der Waals surface area contributed by atoms with Gasteiger partial charge in [0.25, 0.3) is 5.91 Å². The zero-order chi connectivity index (χ0) is 19.0. The molecule has 0 radical (unpaired) electrons. The van der Waals surface area contributed by atoms with E-state index in [1.54, 1.807) is 35.1 Å². The largest absolute Gasteiger partial charge is 0.322 e. The van der Waals surface area contributed by atoms with Gasteiger partial charge in [-0.05, 0) is 55.8 Å². The summed E-state index contributed by atoms with van der Waals surface area (Å²) in [7, 11) is 0. The van der Waals surface area contributed by atoms with Gasteiger partial charge in [0.2, 0.25) is 0 Å². The van der Waals surface area contributed by atoms with Gasteiger partial charge in [-0.3, -0.25) is 4.79 Å². The summed E-state index contributed by atoms with van der Waals surface area (Å²) in [5.41, 5.74) is 4.56. The molecule has 0 fully saturated rings. The van der Waals surface area contributed by atoms with Crippen molar-refractivity contribution < 1.29 is 4.79 Å². The fraction of sp³-hybridized carbons (Fsp3) is 0.0952. The molecule has 0 unspecified atom stereocenters. The summed E-state index contributed by atoms with van der Waals surface area (Å²) in [6.45, 7) is 3.85. The molecule has 0 atom stereocenters. The van der Waals surface area contributed by atoms with Gasteiger partial charge in [0, 0.05) is 22.3 Å². The third-order valence-corrected chi connectivity index (χ3v) is 4.73. The molecule has 5 nitrogen and oxygen atoms in total. The van der Waals surface area contributed by atoms with E-state index in [0.29, 0.717) is 16.3 Å². The molecular formula is C21H17ClN4O. The Balaban J connectivity index is 1.75. The first-order valence-corrected chi connectivity index (χ1v) is 8.89. The van der Waals surface area contributed by atoms with E-state index in [1.807, 2.05) is 44.2 Å². The Morgan fingerprint density at radius 1 is 1.04 bits per heavy atom. The zero-order valence-electron chi connectivity index (χ0n) is 14.9. The molecule has 0 spiro atoms. The number of halogens is 1. The van der Waals surface area contributed by atoms with Gasteiger partial charge in [-0.25, -0.2) is 9.67 Å². The van der Waals surface area contributed by atoms with Crippen LogP contribution in [0.15, 0.2) is 60.8 Å². The van der Waals surface area contributed by atoms with Crippen molar-refractivity contribution in [1.29, 1.82) is 0 Å². The normalized spacial score (nSPS) is 10.9. The molecule has 1 N–H and O–H groups in total. The Morgan fingerprint density at radius 2 is 1.74 bits per heavy atom. The summed E-state index contributed by atoms with van der Waals surface area (Å²) in [6.07, 6.45) is 1.60. The Bertz CT molecular complexity index is 1130. The summed E-state index contributed by atoms with van der Waals surface area (Å²) in [4.78, 5) is 17.3. The Kier molecular flexibility index (Phi) is 4.38. The van der Waals surface area contributed by atoms with Crippen LogP contribution >= 0.6 is 11.6 Å². The highest BCUT2D eigenvalue weighted by Gasteiger charge is 2.18. The second-order valence-corrected chi connectivity index (χ2v) is 6.73. The SMILES string of the molecule is Cc1nn(-c2ccccc2)c2ncc(C(=O)Nc3ccc(Cl)cc3)c(C)c12. The predicted octanol–water partition coefficient (Wildman–Crippen LogP) is 4.94. The average molecular weight is 377 g/mol. The molecule has 0 saturated heterocycles. The summed E-state index contributed by atoms with van der Waals surface area (Å²) < 4.78 is 1.80. The number of nitrogens with zero attached hydrogens (tertiary/aromatic N) is 3. The van der Waals surface area contributed by atoms with Crippen molar-refractivity contribution in [1.82, 2.24) is 14.8 Å². The van der Waals surface area contributed by atoms with Crippen molar-refractivity contribution in [2.24, 2.45) is 0 Å². The number of carbonyl (C=O) groups excluding carboxylic acids is 1. The summed E-state index contributed by atoms with van der Waals surface area (Å²) in [6, 6.07) is 16.8. The molecule has 4 aromatic rings. The van der Waals surface area contributed by atoms with E-state index in [0.717, 1.165) is 28.0 Å². The number of rotatable bonds is 3. The molecule has 4 rings (SSSR count). The van der Waals surface area contributed by atoms with Crippen molar-refractivity contribution in [3.05, 3.63) is 82.6 Å². The highest BCUT2D eigenvalue weighted by atomic mass is 35.5. The van der Waals surface area contributed by atoms with E-state index >= 15 is 0 Å². The van der Waals surface area contributed by atoms with Crippen LogP contribution in [0.2, 0.25) is 5.02 Å². The quantitative estimate of drug-likeness (QED) is 0.550. The van der Waals surface area contributed by atoms with Crippen LogP contribution in [0.4, 0.5) is 5.69 Å². The Morgan fingerprint density at radius 3 is 2.44 bits per heavy atom. The van der Waals surface area contributed by atoms with Crippen molar-refractivity contribution in [2.45, 2.75) is 13.8 Å². The Hall–Kier alpha value is -3.18. The van der Waals surface area contributed by atoms with Gasteiger partial charge >= 0.3 is 0 Å². The minimum atomic E-state index is -0.212. The number of benzene rings is 2.